The second-order valence-corrected chi connectivity index (χ2v) is 5.87. The number of aromatic nitrogens is 6. The highest BCUT2D eigenvalue weighted by atomic mass is 19.1. The number of anilines is 2. The number of rotatable bonds is 5. The van der Waals surface area contributed by atoms with Crippen molar-refractivity contribution in [3.8, 4) is 0 Å². The van der Waals surface area contributed by atoms with Gasteiger partial charge in [0.1, 0.15) is 11.3 Å². The summed E-state index contributed by atoms with van der Waals surface area (Å²) in [5.74, 6) is 0.635. The van der Waals surface area contributed by atoms with Gasteiger partial charge in [0, 0.05) is 11.8 Å². The summed E-state index contributed by atoms with van der Waals surface area (Å²) in [5, 5.41) is 19.8. The first kappa shape index (κ1) is 16.2. The summed E-state index contributed by atoms with van der Waals surface area (Å²) in [6, 6.07) is 7.39. The van der Waals surface area contributed by atoms with E-state index < -0.39 is 6.04 Å². The Morgan fingerprint density at radius 2 is 2.08 bits per heavy atom. The number of nitrogens with one attached hydrogen (secondary N) is 2. The molecule has 0 fully saturated rings. The lowest BCUT2D eigenvalue weighted by atomic mass is 10.1. The maximum absolute atomic E-state index is 13.2. The van der Waals surface area contributed by atoms with E-state index in [0.717, 1.165) is 11.3 Å². The third kappa shape index (κ3) is 3.00. The minimum absolute atomic E-state index is 0.178. The smallest absolute Gasteiger partial charge is 0.230 e. The van der Waals surface area contributed by atoms with Crippen molar-refractivity contribution in [3.63, 3.8) is 0 Å². The SMILES string of the molecule is Cc1cc(Nc2ncc3ncn([C@@H](CO)c4ccc(F)cc4)c3n2)n[nH]1. The van der Waals surface area contributed by atoms with Gasteiger partial charge in [-0.05, 0) is 24.6 Å². The monoisotopic (exact) mass is 353 g/mol. The van der Waals surface area contributed by atoms with Crippen LogP contribution in [0.15, 0.2) is 42.9 Å². The second-order valence-electron chi connectivity index (χ2n) is 5.87. The van der Waals surface area contributed by atoms with Crippen molar-refractivity contribution in [1.29, 1.82) is 0 Å². The topological polar surface area (TPSA) is 105 Å². The third-order valence-electron chi connectivity index (χ3n) is 4.03. The Balaban J connectivity index is 1.72. The number of aryl methyl sites for hydroxylation is 1. The standard InChI is InChI=1S/C17H16FN7O/c1-10-6-15(24-23-10)21-17-19-7-13-16(22-17)25(9-20-13)14(8-26)11-2-4-12(18)5-3-11/h2-7,9,14,26H,8H2,1H3,(H2,19,21,22,23,24)/t14-/m0/s1. The fourth-order valence-corrected chi connectivity index (χ4v) is 2.75. The minimum Gasteiger partial charge on any atom is -0.394 e. The van der Waals surface area contributed by atoms with E-state index in [4.69, 9.17) is 0 Å². The quantitative estimate of drug-likeness (QED) is 0.509. The van der Waals surface area contributed by atoms with Crippen molar-refractivity contribution in [2.24, 2.45) is 0 Å². The highest BCUT2D eigenvalue weighted by Gasteiger charge is 2.17. The van der Waals surface area contributed by atoms with Crippen LogP contribution >= 0.6 is 0 Å². The average molecular weight is 353 g/mol. The van der Waals surface area contributed by atoms with E-state index in [9.17, 15) is 9.50 Å². The van der Waals surface area contributed by atoms with E-state index in [1.807, 2.05) is 13.0 Å². The van der Waals surface area contributed by atoms with Gasteiger partial charge >= 0.3 is 0 Å². The molecular formula is C17H16FN7O. The molecule has 0 amide bonds. The number of benzene rings is 1. The van der Waals surface area contributed by atoms with Crippen LogP contribution in [-0.2, 0) is 0 Å². The van der Waals surface area contributed by atoms with Gasteiger partial charge in [0.05, 0.1) is 25.2 Å². The van der Waals surface area contributed by atoms with Crippen LogP contribution < -0.4 is 5.32 Å². The second kappa shape index (κ2) is 6.52. The molecule has 4 rings (SSSR count). The summed E-state index contributed by atoms with van der Waals surface area (Å²) in [5.41, 5.74) is 2.81. The van der Waals surface area contributed by atoms with Crippen LogP contribution in [0.3, 0.4) is 0 Å². The summed E-state index contributed by atoms with van der Waals surface area (Å²) in [6.45, 7) is 1.72. The van der Waals surface area contributed by atoms with Crippen molar-refractivity contribution in [2.45, 2.75) is 13.0 Å². The largest absolute Gasteiger partial charge is 0.394 e. The van der Waals surface area contributed by atoms with Gasteiger partial charge in [-0.25, -0.2) is 14.4 Å². The highest BCUT2D eigenvalue weighted by Crippen LogP contribution is 2.23. The predicted molar refractivity (Wildman–Crippen MR) is 93.6 cm³/mol. The number of halogens is 1. The van der Waals surface area contributed by atoms with Crippen LogP contribution in [0.2, 0.25) is 0 Å². The lowest BCUT2D eigenvalue weighted by Crippen LogP contribution is -2.14. The van der Waals surface area contributed by atoms with E-state index in [1.165, 1.54) is 12.1 Å². The van der Waals surface area contributed by atoms with Crippen LogP contribution in [0.1, 0.15) is 17.3 Å². The first-order chi connectivity index (χ1) is 12.6. The van der Waals surface area contributed by atoms with Gasteiger partial charge in [-0.2, -0.15) is 10.1 Å². The number of aliphatic hydroxyl groups excluding tert-OH is 1. The summed E-state index contributed by atoms with van der Waals surface area (Å²) in [7, 11) is 0. The number of imidazole rings is 1. The fourth-order valence-electron chi connectivity index (χ4n) is 2.75. The van der Waals surface area contributed by atoms with E-state index in [2.05, 4.69) is 30.5 Å². The van der Waals surface area contributed by atoms with Crippen LogP contribution in [0.5, 0.6) is 0 Å². The Bertz CT molecular complexity index is 1040. The third-order valence-corrected chi connectivity index (χ3v) is 4.03. The summed E-state index contributed by atoms with van der Waals surface area (Å²) in [6.07, 6.45) is 3.19. The lowest BCUT2D eigenvalue weighted by Gasteiger charge is -2.17. The van der Waals surface area contributed by atoms with E-state index in [0.29, 0.717) is 22.9 Å². The number of hydrogen-bond donors (Lipinski definition) is 3. The minimum atomic E-state index is -0.434. The maximum atomic E-state index is 13.2. The first-order valence-corrected chi connectivity index (χ1v) is 7.99. The van der Waals surface area contributed by atoms with Gasteiger partial charge in [0.15, 0.2) is 11.5 Å². The summed E-state index contributed by atoms with van der Waals surface area (Å²) in [4.78, 5) is 13.0. The van der Waals surface area contributed by atoms with Crippen LogP contribution in [0, 0.1) is 12.7 Å². The van der Waals surface area contributed by atoms with Crippen LogP contribution in [-0.4, -0.2) is 41.4 Å². The van der Waals surface area contributed by atoms with E-state index in [-0.39, 0.29) is 12.4 Å². The number of aliphatic hydroxyl groups is 1. The molecule has 0 spiro atoms. The zero-order valence-corrected chi connectivity index (χ0v) is 13.9. The molecular weight excluding hydrogens is 337 g/mol. The van der Waals surface area contributed by atoms with Crippen molar-refractivity contribution < 1.29 is 9.50 Å². The Hall–Kier alpha value is -3.33. The molecule has 9 heteroatoms. The fraction of sp³-hybridized carbons (Fsp3) is 0.176. The summed E-state index contributed by atoms with van der Waals surface area (Å²) >= 11 is 0. The highest BCUT2D eigenvalue weighted by molar-refractivity contribution is 5.72. The lowest BCUT2D eigenvalue weighted by molar-refractivity contribution is 0.251. The molecule has 26 heavy (non-hydrogen) atoms. The van der Waals surface area contributed by atoms with E-state index in [1.54, 1.807) is 29.2 Å². The van der Waals surface area contributed by atoms with Crippen molar-refractivity contribution in [1.82, 2.24) is 29.7 Å². The molecule has 0 saturated heterocycles. The average Bonchev–Trinajstić information content (AvgIpc) is 3.24. The number of nitrogens with zero attached hydrogens (tertiary/aromatic N) is 5. The molecule has 0 aliphatic carbocycles. The normalized spacial score (nSPS) is 12.4. The molecule has 3 aromatic heterocycles. The Morgan fingerprint density at radius 3 is 2.77 bits per heavy atom. The van der Waals surface area contributed by atoms with Gasteiger partial charge in [0.25, 0.3) is 0 Å². The number of H-pyrrole nitrogens is 1. The Morgan fingerprint density at radius 1 is 1.27 bits per heavy atom. The number of aromatic amines is 1. The molecule has 1 atom stereocenters. The van der Waals surface area contributed by atoms with Gasteiger partial charge in [-0.1, -0.05) is 12.1 Å². The molecule has 0 radical (unpaired) electrons. The van der Waals surface area contributed by atoms with Gasteiger partial charge in [0.2, 0.25) is 5.95 Å². The molecule has 4 aromatic rings. The van der Waals surface area contributed by atoms with Crippen LogP contribution in [0.4, 0.5) is 16.2 Å². The Labute approximate surface area is 147 Å². The van der Waals surface area contributed by atoms with Crippen molar-refractivity contribution in [3.05, 3.63) is 59.9 Å². The maximum Gasteiger partial charge on any atom is 0.230 e. The van der Waals surface area contributed by atoms with Crippen molar-refractivity contribution in [2.75, 3.05) is 11.9 Å². The number of fused-ring (bicyclic) bond motifs is 1. The number of hydrogen-bond acceptors (Lipinski definition) is 6. The van der Waals surface area contributed by atoms with Gasteiger partial charge in [-0.15, -0.1) is 0 Å². The molecule has 3 N–H and O–H groups in total. The molecule has 3 heterocycles. The molecule has 1 aromatic carbocycles. The molecule has 0 unspecified atom stereocenters. The zero-order valence-electron chi connectivity index (χ0n) is 13.9. The molecule has 0 aliphatic heterocycles. The van der Waals surface area contributed by atoms with Crippen molar-refractivity contribution >= 4 is 22.9 Å². The molecule has 0 bridgehead atoms. The summed E-state index contributed by atoms with van der Waals surface area (Å²) < 4.78 is 14.9. The van der Waals surface area contributed by atoms with Crippen LogP contribution in [0.25, 0.3) is 11.2 Å². The molecule has 132 valence electrons. The predicted octanol–water partition coefficient (Wildman–Crippen LogP) is 2.32. The zero-order chi connectivity index (χ0) is 18.1. The molecule has 0 saturated carbocycles. The molecule has 0 aliphatic rings. The first-order valence-electron chi connectivity index (χ1n) is 7.99. The molecule has 8 nitrogen and oxygen atoms in total. The van der Waals surface area contributed by atoms with Gasteiger partial charge in [-0.3, -0.25) is 5.10 Å². The van der Waals surface area contributed by atoms with E-state index >= 15 is 0 Å². The van der Waals surface area contributed by atoms with Gasteiger partial charge < -0.3 is 15.0 Å². The Kier molecular flexibility index (Phi) is 4.05.